The van der Waals surface area contributed by atoms with Crippen LogP contribution in [0.15, 0.2) is 59.6 Å². The van der Waals surface area contributed by atoms with E-state index in [-0.39, 0.29) is 18.0 Å². The second kappa shape index (κ2) is 10.4. The van der Waals surface area contributed by atoms with Crippen molar-refractivity contribution in [1.29, 1.82) is 0 Å². The lowest BCUT2D eigenvalue weighted by Gasteiger charge is -2.34. The minimum atomic E-state index is -4.63. The highest BCUT2D eigenvalue weighted by molar-refractivity contribution is 7.89. The SMILES string of the molecule is O=S(=O)(c1cccc(C(F)(F)F)c1)N1CCN(CCCn2cc(-c3ccc(C(F)(F)F)cc3)nn2)CC1. The van der Waals surface area contributed by atoms with Crippen LogP contribution >= 0.6 is 0 Å². The zero-order chi connectivity index (χ0) is 26.8. The Morgan fingerprint density at radius 2 is 1.46 bits per heavy atom. The first-order valence-electron chi connectivity index (χ1n) is 11.3. The zero-order valence-corrected chi connectivity index (χ0v) is 20.2. The van der Waals surface area contributed by atoms with E-state index in [1.807, 2.05) is 4.90 Å². The van der Waals surface area contributed by atoms with Gasteiger partial charge in [0.15, 0.2) is 0 Å². The summed E-state index contributed by atoms with van der Waals surface area (Å²) in [6.45, 7) is 2.28. The summed E-state index contributed by atoms with van der Waals surface area (Å²) in [5.74, 6) is 0. The average molecular weight is 548 g/mol. The van der Waals surface area contributed by atoms with Crippen LogP contribution < -0.4 is 0 Å². The molecule has 1 aromatic heterocycles. The number of hydrogen-bond donors (Lipinski definition) is 0. The van der Waals surface area contributed by atoms with Crippen LogP contribution in [0.4, 0.5) is 26.3 Å². The second-order valence-electron chi connectivity index (χ2n) is 8.57. The number of aryl methyl sites for hydroxylation is 1. The lowest BCUT2D eigenvalue weighted by molar-refractivity contribution is -0.138. The lowest BCUT2D eigenvalue weighted by Crippen LogP contribution is -2.48. The molecular formula is C23H23F6N5O2S. The van der Waals surface area contributed by atoms with E-state index in [0.29, 0.717) is 49.9 Å². The Morgan fingerprint density at radius 1 is 0.811 bits per heavy atom. The molecule has 2 aromatic carbocycles. The molecule has 0 unspecified atom stereocenters. The molecular weight excluding hydrogens is 524 g/mol. The van der Waals surface area contributed by atoms with Crippen molar-refractivity contribution in [3.05, 3.63) is 65.9 Å². The third-order valence-corrected chi connectivity index (χ3v) is 7.93. The number of benzene rings is 2. The van der Waals surface area contributed by atoms with E-state index in [1.54, 1.807) is 10.9 Å². The van der Waals surface area contributed by atoms with Gasteiger partial charge in [-0.15, -0.1) is 5.10 Å². The van der Waals surface area contributed by atoms with Gasteiger partial charge in [-0.05, 0) is 36.8 Å². The fourth-order valence-electron chi connectivity index (χ4n) is 4.00. The smallest absolute Gasteiger partial charge is 0.301 e. The summed E-state index contributed by atoms with van der Waals surface area (Å²) in [6, 6.07) is 8.38. The largest absolute Gasteiger partial charge is 0.416 e. The van der Waals surface area contributed by atoms with Crippen molar-refractivity contribution >= 4 is 10.0 Å². The number of hydrogen-bond acceptors (Lipinski definition) is 5. The molecule has 0 spiro atoms. The first-order valence-corrected chi connectivity index (χ1v) is 12.8. The molecule has 200 valence electrons. The summed E-state index contributed by atoms with van der Waals surface area (Å²) in [5.41, 5.74) is -0.798. The van der Waals surface area contributed by atoms with Gasteiger partial charge in [0.25, 0.3) is 0 Å². The summed E-state index contributed by atoms with van der Waals surface area (Å²) < 4.78 is 106. The van der Waals surface area contributed by atoms with Gasteiger partial charge in [-0.25, -0.2) is 8.42 Å². The fraction of sp³-hybridized carbons (Fsp3) is 0.391. The van der Waals surface area contributed by atoms with Crippen molar-refractivity contribution in [2.75, 3.05) is 32.7 Å². The van der Waals surface area contributed by atoms with Gasteiger partial charge in [0.05, 0.1) is 22.2 Å². The highest BCUT2D eigenvalue weighted by Crippen LogP contribution is 2.32. The predicted molar refractivity (Wildman–Crippen MR) is 122 cm³/mol. The molecule has 0 bridgehead atoms. The third-order valence-electron chi connectivity index (χ3n) is 6.04. The van der Waals surface area contributed by atoms with E-state index in [4.69, 9.17) is 0 Å². The van der Waals surface area contributed by atoms with Crippen LogP contribution in [0.5, 0.6) is 0 Å². The summed E-state index contributed by atoms with van der Waals surface area (Å²) in [5, 5.41) is 8.01. The predicted octanol–water partition coefficient (Wildman–Crippen LogP) is 4.38. The van der Waals surface area contributed by atoms with E-state index in [0.717, 1.165) is 30.3 Å². The summed E-state index contributed by atoms with van der Waals surface area (Å²) in [7, 11) is -4.04. The molecule has 0 aliphatic carbocycles. The fourth-order valence-corrected chi connectivity index (χ4v) is 5.47. The Hall–Kier alpha value is -2.97. The van der Waals surface area contributed by atoms with Gasteiger partial charge in [0, 0.05) is 44.8 Å². The number of sulfonamides is 1. The number of rotatable bonds is 7. The quantitative estimate of drug-likeness (QED) is 0.411. The van der Waals surface area contributed by atoms with Crippen molar-refractivity contribution in [3.63, 3.8) is 0 Å². The van der Waals surface area contributed by atoms with Crippen LogP contribution in [0.1, 0.15) is 17.5 Å². The molecule has 0 amide bonds. The van der Waals surface area contributed by atoms with E-state index >= 15 is 0 Å². The van der Waals surface area contributed by atoms with Gasteiger partial charge >= 0.3 is 12.4 Å². The molecule has 14 heteroatoms. The number of alkyl halides is 6. The van der Waals surface area contributed by atoms with E-state index < -0.39 is 33.5 Å². The molecule has 1 saturated heterocycles. The van der Waals surface area contributed by atoms with Crippen LogP contribution in [0, 0.1) is 0 Å². The highest BCUT2D eigenvalue weighted by Gasteiger charge is 2.34. The Bertz CT molecular complexity index is 1310. The van der Waals surface area contributed by atoms with Gasteiger partial charge in [0.2, 0.25) is 10.0 Å². The monoisotopic (exact) mass is 547 g/mol. The van der Waals surface area contributed by atoms with Crippen molar-refractivity contribution in [2.24, 2.45) is 0 Å². The Balaban J connectivity index is 1.27. The van der Waals surface area contributed by atoms with Gasteiger partial charge in [-0.3, -0.25) is 4.68 Å². The van der Waals surface area contributed by atoms with Crippen molar-refractivity contribution in [1.82, 2.24) is 24.2 Å². The normalized spacial score (nSPS) is 16.3. The molecule has 3 aromatic rings. The average Bonchev–Trinajstić information content (AvgIpc) is 3.32. The molecule has 7 nitrogen and oxygen atoms in total. The van der Waals surface area contributed by atoms with Crippen molar-refractivity contribution < 1.29 is 34.8 Å². The molecule has 1 aliphatic rings. The van der Waals surface area contributed by atoms with Crippen LogP contribution in [0.25, 0.3) is 11.3 Å². The van der Waals surface area contributed by atoms with E-state index in [2.05, 4.69) is 10.3 Å². The van der Waals surface area contributed by atoms with Gasteiger partial charge in [-0.1, -0.05) is 23.4 Å². The molecule has 37 heavy (non-hydrogen) atoms. The molecule has 0 N–H and O–H groups in total. The molecule has 0 atom stereocenters. The van der Waals surface area contributed by atoms with Gasteiger partial charge in [-0.2, -0.15) is 30.6 Å². The first kappa shape index (κ1) is 27.1. The second-order valence-corrected chi connectivity index (χ2v) is 10.5. The maximum absolute atomic E-state index is 13.0. The Kier molecular flexibility index (Phi) is 7.62. The zero-order valence-electron chi connectivity index (χ0n) is 19.4. The molecule has 1 fully saturated rings. The Labute approximate surface area is 209 Å². The molecule has 0 saturated carbocycles. The van der Waals surface area contributed by atoms with Crippen molar-refractivity contribution in [2.45, 2.75) is 30.2 Å². The van der Waals surface area contributed by atoms with Crippen LogP contribution in [0.3, 0.4) is 0 Å². The van der Waals surface area contributed by atoms with E-state index in [9.17, 15) is 34.8 Å². The van der Waals surface area contributed by atoms with Crippen LogP contribution in [-0.4, -0.2) is 65.3 Å². The first-order chi connectivity index (χ1) is 17.3. The maximum atomic E-state index is 13.0. The van der Waals surface area contributed by atoms with Gasteiger partial charge < -0.3 is 4.90 Å². The Morgan fingerprint density at radius 3 is 2.08 bits per heavy atom. The van der Waals surface area contributed by atoms with Gasteiger partial charge in [0.1, 0.15) is 5.69 Å². The molecule has 0 radical (unpaired) electrons. The summed E-state index contributed by atoms with van der Waals surface area (Å²) in [6.07, 6.45) is -6.74. The molecule has 2 heterocycles. The summed E-state index contributed by atoms with van der Waals surface area (Å²) in [4.78, 5) is 1.66. The molecule has 1 aliphatic heterocycles. The minimum absolute atomic E-state index is 0.153. The summed E-state index contributed by atoms with van der Waals surface area (Å²) >= 11 is 0. The van der Waals surface area contributed by atoms with E-state index in [1.165, 1.54) is 16.4 Å². The van der Waals surface area contributed by atoms with Crippen molar-refractivity contribution in [3.8, 4) is 11.3 Å². The number of aromatic nitrogens is 3. The van der Waals surface area contributed by atoms with Crippen LogP contribution in [0.2, 0.25) is 0 Å². The highest BCUT2D eigenvalue weighted by atomic mass is 32.2. The molecule has 4 rings (SSSR count). The number of nitrogens with zero attached hydrogens (tertiary/aromatic N) is 5. The maximum Gasteiger partial charge on any atom is 0.416 e. The lowest BCUT2D eigenvalue weighted by atomic mass is 10.1. The number of piperazine rings is 1. The standard InChI is InChI=1S/C23H23F6N5O2S/c24-22(25,26)18-7-5-17(6-8-18)21-16-33(31-30-21)10-2-9-32-11-13-34(14-12-32)37(35,36)20-4-1-3-19(15-20)23(27,28)29/h1,3-8,15-16H,2,9-14H2. The minimum Gasteiger partial charge on any atom is -0.301 e. The topological polar surface area (TPSA) is 71.3 Å². The van der Waals surface area contributed by atoms with Crippen LogP contribution in [-0.2, 0) is 28.9 Å². The third kappa shape index (κ3) is 6.48. The number of halogens is 6.